The summed E-state index contributed by atoms with van der Waals surface area (Å²) in [5.41, 5.74) is -1.05. The van der Waals surface area contributed by atoms with Crippen molar-refractivity contribution in [2.45, 2.75) is 0 Å². The van der Waals surface area contributed by atoms with Gasteiger partial charge >= 0.3 is 6.03 Å². The highest BCUT2D eigenvalue weighted by Crippen LogP contribution is 2.27. The predicted molar refractivity (Wildman–Crippen MR) is 77.1 cm³/mol. The minimum absolute atomic E-state index is 0.00323. The Bertz CT molecular complexity index is 802. The zero-order chi connectivity index (χ0) is 17.1. The normalized spacial score (nSPS) is 10.3. The molecule has 0 atom stereocenters. The third-order valence-corrected chi connectivity index (χ3v) is 3.02. The highest BCUT2D eigenvalue weighted by Gasteiger charge is 2.16. The van der Waals surface area contributed by atoms with Gasteiger partial charge in [-0.15, -0.1) is 0 Å². The van der Waals surface area contributed by atoms with E-state index in [4.69, 9.17) is 11.6 Å². The number of nitrogens with one attached hydrogen (secondary N) is 2. The molecule has 2 amide bonds. The van der Waals surface area contributed by atoms with E-state index in [-0.39, 0.29) is 16.4 Å². The van der Waals surface area contributed by atoms with E-state index in [1.807, 2.05) is 5.32 Å². The summed E-state index contributed by atoms with van der Waals surface area (Å²) in [6.07, 6.45) is 0. The molecule has 0 spiro atoms. The first-order chi connectivity index (χ1) is 10.8. The van der Waals surface area contributed by atoms with Crippen LogP contribution < -0.4 is 10.6 Å². The second-order valence-corrected chi connectivity index (χ2v) is 4.63. The summed E-state index contributed by atoms with van der Waals surface area (Å²) in [4.78, 5) is 21.7. The van der Waals surface area contributed by atoms with Gasteiger partial charge in [-0.05, 0) is 18.2 Å². The van der Waals surface area contributed by atoms with Gasteiger partial charge in [0.05, 0.1) is 21.3 Å². The molecule has 0 aliphatic rings. The van der Waals surface area contributed by atoms with Crippen LogP contribution in [-0.4, -0.2) is 11.0 Å². The number of halogens is 4. The van der Waals surface area contributed by atoms with E-state index in [0.29, 0.717) is 6.07 Å². The average Bonchev–Trinajstić information content (AvgIpc) is 2.50. The Balaban J connectivity index is 2.19. The van der Waals surface area contributed by atoms with Crippen LogP contribution in [0.3, 0.4) is 0 Å². The van der Waals surface area contributed by atoms with E-state index in [1.165, 1.54) is 6.07 Å². The zero-order valence-corrected chi connectivity index (χ0v) is 11.8. The monoisotopic (exact) mass is 345 g/mol. The van der Waals surface area contributed by atoms with Gasteiger partial charge in [0.25, 0.3) is 5.69 Å². The summed E-state index contributed by atoms with van der Waals surface area (Å²) < 4.78 is 39.3. The Morgan fingerprint density at radius 1 is 1.04 bits per heavy atom. The van der Waals surface area contributed by atoms with Gasteiger partial charge in [-0.3, -0.25) is 10.1 Å². The number of benzene rings is 2. The lowest BCUT2D eigenvalue weighted by molar-refractivity contribution is -0.384. The minimum atomic E-state index is -1.74. The molecule has 10 heteroatoms. The Morgan fingerprint density at radius 2 is 1.70 bits per heavy atom. The molecule has 23 heavy (non-hydrogen) atoms. The Kier molecular flexibility index (Phi) is 4.70. The molecule has 0 saturated carbocycles. The van der Waals surface area contributed by atoms with Crippen molar-refractivity contribution < 1.29 is 22.9 Å². The number of hydrogen-bond acceptors (Lipinski definition) is 3. The lowest BCUT2D eigenvalue weighted by Gasteiger charge is -2.10. The highest BCUT2D eigenvalue weighted by molar-refractivity contribution is 6.33. The molecule has 0 fully saturated rings. The van der Waals surface area contributed by atoms with Crippen LogP contribution in [0.5, 0.6) is 0 Å². The fraction of sp³-hybridized carbons (Fsp3) is 0. The van der Waals surface area contributed by atoms with Gasteiger partial charge in [0, 0.05) is 12.1 Å². The van der Waals surface area contributed by atoms with E-state index in [9.17, 15) is 28.1 Å². The lowest BCUT2D eigenvalue weighted by atomic mass is 10.2. The molecular formula is C13H7ClF3N3O3. The zero-order valence-electron chi connectivity index (χ0n) is 11.1. The Hall–Kier alpha value is -2.81. The first kappa shape index (κ1) is 16.6. The van der Waals surface area contributed by atoms with Gasteiger partial charge in [0.1, 0.15) is 0 Å². The van der Waals surface area contributed by atoms with E-state index in [2.05, 4.69) is 5.32 Å². The third kappa shape index (κ3) is 3.69. The van der Waals surface area contributed by atoms with Crippen molar-refractivity contribution in [1.82, 2.24) is 0 Å². The summed E-state index contributed by atoms with van der Waals surface area (Å²) in [5.74, 6) is -4.73. The molecule has 0 bridgehead atoms. The van der Waals surface area contributed by atoms with Crippen molar-refractivity contribution >= 4 is 34.7 Å². The van der Waals surface area contributed by atoms with Crippen LogP contribution in [0.15, 0.2) is 30.3 Å². The highest BCUT2D eigenvalue weighted by atomic mass is 35.5. The molecule has 2 aromatic carbocycles. The summed E-state index contributed by atoms with van der Waals surface area (Å²) in [7, 11) is 0. The van der Waals surface area contributed by atoms with Crippen molar-refractivity contribution in [2.75, 3.05) is 10.6 Å². The molecule has 2 aromatic rings. The van der Waals surface area contributed by atoms with Gasteiger partial charge in [0.2, 0.25) is 0 Å². The average molecular weight is 346 g/mol. The molecule has 0 aliphatic carbocycles. The minimum Gasteiger partial charge on any atom is -0.306 e. The maximum atomic E-state index is 13.4. The molecule has 120 valence electrons. The largest absolute Gasteiger partial charge is 0.323 e. The number of urea groups is 1. The second kappa shape index (κ2) is 6.53. The fourth-order valence-corrected chi connectivity index (χ4v) is 1.79. The molecule has 6 nitrogen and oxygen atoms in total. The molecule has 0 heterocycles. The van der Waals surface area contributed by atoms with Gasteiger partial charge < -0.3 is 10.6 Å². The molecule has 2 N–H and O–H groups in total. The number of non-ortho nitro benzene ring substituents is 1. The van der Waals surface area contributed by atoms with Gasteiger partial charge in [0.15, 0.2) is 17.5 Å². The number of hydrogen-bond donors (Lipinski definition) is 2. The van der Waals surface area contributed by atoms with Gasteiger partial charge in [-0.25, -0.2) is 18.0 Å². The standard InChI is InChI=1S/C13H7ClF3N3O3/c14-7-2-1-6(20(22)23)5-10(7)19-13(21)18-9-4-3-8(15)11(16)12(9)17/h1-5H,(H2,18,19,21). The van der Waals surface area contributed by atoms with Crippen molar-refractivity contribution in [3.8, 4) is 0 Å². The van der Waals surface area contributed by atoms with Gasteiger partial charge in [-0.2, -0.15) is 0 Å². The fourth-order valence-electron chi connectivity index (χ4n) is 1.62. The summed E-state index contributed by atoms with van der Waals surface area (Å²) in [6.45, 7) is 0. The van der Waals surface area contributed by atoms with E-state index in [0.717, 1.165) is 18.2 Å². The topological polar surface area (TPSA) is 84.3 Å². The molecular weight excluding hydrogens is 339 g/mol. The second-order valence-electron chi connectivity index (χ2n) is 4.22. The first-order valence-corrected chi connectivity index (χ1v) is 6.33. The van der Waals surface area contributed by atoms with E-state index in [1.54, 1.807) is 0 Å². The molecule has 0 aliphatic heterocycles. The Morgan fingerprint density at radius 3 is 2.35 bits per heavy atom. The maximum Gasteiger partial charge on any atom is 0.323 e. The van der Waals surface area contributed by atoms with Crippen molar-refractivity contribution in [3.63, 3.8) is 0 Å². The molecule has 2 rings (SSSR count). The molecule has 0 radical (unpaired) electrons. The molecule has 0 saturated heterocycles. The van der Waals surface area contributed by atoms with Crippen molar-refractivity contribution in [3.05, 3.63) is 62.9 Å². The van der Waals surface area contributed by atoms with Crippen molar-refractivity contribution in [1.29, 1.82) is 0 Å². The number of nitrogens with zero attached hydrogens (tertiary/aromatic N) is 1. The number of carbonyl (C=O) groups excluding carboxylic acids is 1. The van der Waals surface area contributed by atoms with Crippen LogP contribution in [-0.2, 0) is 0 Å². The molecule has 0 unspecified atom stereocenters. The van der Waals surface area contributed by atoms with E-state index < -0.39 is 34.1 Å². The first-order valence-electron chi connectivity index (χ1n) is 5.95. The maximum absolute atomic E-state index is 13.4. The van der Waals surface area contributed by atoms with E-state index >= 15 is 0 Å². The summed E-state index contributed by atoms with van der Waals surface area (Å²) in [5, 5.41) is 14.7. The van der Waals surface area contributed by atoms with Gasteiger partial charge in [-0.1, -0.05) is 11.6 Å². The van der Waals surface area contributed by atoms with Crippen LogP contribution in [0.25, 0.3) is 0 Å². The number of amides is 2. The number of anilines is 2. The number of nitro benzene ring substituents is 1. The van der Waals surface area contributed by atoms with Crippen LogP contribution >= 0.6 is 11.6 Å². The van der Waals surface area contributed by atoms with Crippen LogP contribution in [0.4, 0.5) is 35.0 Å². The lowest BCUT2D eigenvalue weighted by Crippen LogP contribution is -2.20. The smallest absolute Gasteiger partial charge is 0.306 e. The summed E-state index contributed by atoms with van der Waals surface area (Å²) in [6, 6.07) is 3.71. The number of carbonyl (C=O) groups is 1. The van der Waals surface area contributed by atoms with Crippen LogP contribution in [0.2, 0.25) is 5.02 Å². The van der Waals surface area contributed by atoms with Crippen LogP contribution in [0.1, 0.15) is 0 Å². The van der Waals surface area contributed by atoms with Crippen molar-refractivity contribution in [2.24, 2.45) is 0 Å². The third-order valence-electron chi connectivity index (χ3n) is 2.69. The quantitative estimate of drug-likeness (QED) is 0.494. The Labute approximate surface area is 132 Å². The number of nitro groups is 1. The molecule has 0 aromatic heterocycles. The number of rotatable bonds is 3. The summed E-state index contributed by atoms with van der Waals surface area (Å²) >= 11 is 5.78. The predicted octanol–water partition coefficient (Wildman–Crippen LogP) is 4.31. The SMILES string of the molecule is O=C(Nc1cc([N+](=O)[O-])ccc1Cl)Nc1ccc(F)c(F)c1F. The van der Waals surface area contributed by atoms with Crippen LogP contribution in [0, 0.1) is 27.6 Å².